The quantitative estimate of drug-likeness (QED) is 0.615. The summed E-state index contributed by atoms with van der Waals surface area (Å²) in [5.74, 6) is -0.293. The summed E-state index contributed by atoms with van der Waals surface area (Å²) in [5.41, 5.74) is 11.4. The third-order valence-electron chi connectivity index (χ3n) is 1.75. The SMILES string of the molecule is CC(O)COc1cc(N)ccc1C(N)=O. The molecule has 0 fully saturated rings. The van der Waals surface area contributed by atoms with Gasteiger partial charge in [-0.05, 0) is 19.1 Å². The molecule has 5 N–H and O–H groups in total. The first-order valence-electron chi connectivity index (χ1n) is 4.51. The molecule has 1 atom stereocenters. The van der Waals surface area contributed by atoms with E-state index in [1.807, 2.05) is 0 Å². The van der Waals surface area contributed by atoms with Crippen LogP contribution in [0.1, 0.15) is 17.3 Å². The maximum absolute atomic E-state index is 11.0. The van der Waals surface area contributed by atoms with Crippen molar-refractivity contribution in [3.05, 3.63) is 23.8 Å². The average molecular weight is 210 g/mol. The predicted octanol–water partition coefficient (Wildman–Crippen LogP) is 0.127. The molecular formula is C10H14N2O3. The van der Waals surface area contributed by atoms with Crippen LogP contribution in [0.4, 0.5) is 5.69 Å². The summed E-state index contributed by atoms with van der Waals surface area (Å²) in [6.45, 7) is 1.67. The molecule has 1 rings (SSSR count). The molecule has 1 aromatic rings. The average Bonchev–Trinajstić information content (AvgIpc) is 2.14. The number of carbonyl (C=O) groups is 1. The number of anilines is 1. The van der Waals surface area contributed by atoms with Gasteiger partial charge in [0.25, 0.3) is 5.91 Å². The summed E-state index contributed by atoms with van der Waals surface area (Å²) < 4.78 is 5.21. The lowest BCUT2D eigenvalue weighted by atomic mass is 10.1. The molecule has 0 radical (unpaired) electrons. The summed E-state index contributed by atoms with van der Waals surface area (Å²) in [4.78, 5) is 11.0. The zero-order chi connectivity index (χ0) is 11.4. The molecule has 15 heavy (non-hydrogen) atoms. The van der Waals surface area contributed by atoms with Crippen molar-refractivity contribution in [2.75, 3.05) is 12.3 Å². The monoisotopic (exact) mass is 210 g/mol. The van der Waals surface area contributed by atoms with Crippen LogP contribution in [-0.2, 0) is 0 Å². The summed E-state index contributed by atoms with van der Waals surface area (Å²) in [6.07, 6.45) is -0.618. The Balaban J connectivity index is 2.92. The maximum atomic E-state index is 11.0. The van der Waals surface area contributed by atoms with Crippen LogP contribution >= 0.6 is 0 Å². The van der Waals surface area contributed by atoms with Crippen molar-refractivity contribution >= 4 is 11.6 Å². The molecule has 0 aromatic heterocycles. The molecule has 0 aliphatic carbocycles. The number of rotatable bonds is 4. The van der Waals surface area contributed by atoms with Crippen LogP contribution in [0.5, 0.6) is 5.75 Å². The minimum absolute atomic E-state index is 0.0870. The van der Waals surface area contributed by atoms with E-state index in [2.05, 4.69) is 0 Å². The number of ether oxygens (including phenoxy) is 1. The second-order valence-corrected chi connectivity index (χ2v) is 3.28. The highest BCUT2D eigenvalue weighted by Crippen LogP contribution is 2.21. The van der Waals surface area contributed by atoms with E-state index in [-0.39, 0.29) is 12.2 Å². The number of nitrogens with two attached hydrogens (primary N) is 2. The van der Waals surface area contributed by atoms with Gasteiger partial charge in [0.1, 0.15) is 12.4 Å². The first-order valence-corrected chi connectivity index (χ1v) is 4.51. The van der Waals surface area contributed by atoms with Gasteiger partial charge < -0.3 is 21.3 Å². The van der Waals surface area contributed by atoms with Crippen molar-refractivity contribution in [1.82, 2.24) is 0 Å². The van der Waals surface area contributed by atoms with E-state index < -0.39 is 12.0 Å². The fraction of sp³-hybridized carbons (Fsp3) is 0.300. The summed E-state index contributed by atoms with van der Waals surface area (Å²) >= 11 is 0. The van der Waals surface area contributed by atoms with E-state index in [4.69, 9.17) is 21.3 Å². The fourth-order valence-corrected chi connectivity index (χ4v) is 1.07. The molecule has 5 nitrogen and oxygen atoms in total. The number of aliphatic hydroxyl groups is 1. The van der Waals surface area contributed by atoms with Gasteiger partial charge in [-0.1, -0.05) is 0 Å². The highest BCUT2D eigenvalue weighted by molar-refractivity contribution is 5.96. The van der Waals surface area contributed by atoms with Gasteiger partial charge >= 0.3 is 0 Å². The van der Waals surface area contributed by atoms with Crippen molar-refractivity contribution in [3.63, 3.8) is 0 Å². The first-order chi connectivity index (χ1) is 7.00. The Morgan fingerprint density at radius 1 is 1.60 bits per heavy atom. The molecule has 0 spiro atoms. The summed E-state index contributed by atoms with van der Waals surface area (Å²) in [7, 11) is 0. The van der Waals surface area contributed by atoms with Crippen molar-refractivity contribution < 1.29 is 14.6 Å². The number of hydrogen-bond donors (Lipinski definition) is 3. The van der Waals surface area contributed by atoms with Crippen LogP contribution in [0, 0.1) is 0 Å². The molecule has 1 aromatic carbocycles. The fourth-order valence-electron chi connectivity index (χ4n) is 1.07. The van der Waals surface area contributed by atoms with Crippen molar-refractivity contribution in [3.8, 4) is 5.75 Å². The minimum atomic E-state index is -0.618. The lowest BCUT2D eigenvalue weighted by molar-refractivity contribution is 0.0983. The Bertz CT molecular complexity index is 364. The third-order valence-corrected chi connectivity index (χ3v) is 1.75. The molecule has 0 bridgehead atoms. The first kappa shape index (κ1) is 11.3. The largest absolute Gasteiger partial charge is 0.490 e. The Morgan fingerprint density at radius 3 is 2.80 bits per heavy atom. The molecule has 0 aliphatic heterocycles. The standard InChI is InChI=1S/C10H14N2O3/c1-6(13)5-15-9-4-7(11)2-3-8(9)10(12)14/h2-4,6,13H,5,11H2,1H3,(H2,12,14). The third kappa shape index (κ3) is 3.14. The zero-order valence-corrected chi connectivity index (χ0v) is 8.43. The van der Waals surface area contributed by atoms with E-state index in [9.17, 15) is 4.79 Å². The van der Waals surface area contributed by atoms with Gasteiger partial charge in [0, 0.05) is 11.8 Å². The summed E-state index contributed by atoms with van der Waals surface area (Å²) in [6, 6.07) is 4.56. The zero-order valence-electron chi connectivity index (χ0n) is 8.43. The molecular weight excluding hydrogens is 196 g/mol. The van der Waals surface area contributed by atoms with E-state index in [1.54, 1.807) is 13.0 Å². The number of amides is 1. The molecule has 1 amide bonds. The topological polar surface area (TPSA) is 98.6 Å². The van der Waals surface area contributed by atoms with Gasteiger partial charge in [-0.2, -0.15) is 0 Å². The number of primary amides is 1. The number of benzene rings is 1. The normalized spacial score (nSPS) is 12.1. The number of carbonyl (C=O) groups excluding carboxylic acids is 1. The smallest absolute Gasteiger partial charge is 0.252 e. The van der Waals surface area contributed by atoms with Crippen LogP contribution in [0.2, 0.25) is 0 Å². The van der Waals surface area contributed by atoms with Gasteiger partial charge in [0.15, 0.2) is 0 Å². The van der Waals surface area contributed by atoms with Crippen LogP contribution in [0.3, 0.4) is 0 Å². The van der Waals surface area contributed by atoms with Gasteiger partial charge in [-0.25, -0.2) is 0 Å². The van der Waals surface area contributed by atoms with Gasteiger partial charge in [0.05, 0.1) is 11.7 Å². The minimum Gasteiger partial charge on any atom is -0.490 e. The highest BCUT2D eigenvalue weighted by atomic mass is 16.5. The van der Waals surface area contributed by atoms with Crippen LogP contribution in [-0.4, -0.2) is 23.7 Å². The molecule has 0 aliphatic rings. The van der Waals surface area contributed by atoms with Crippen LogP contribution < -0.4 is 16.2 Å². The van der Waals surface area contributed by atoms with Crippen molar-refractivity contribution in [2.45, 2.75) is 13.0 Å². The lowest BCUT2D eigenvalue weighted by Gasteiger charge is -2.11. The number of aliphatic hydroxyl groups excluding tert-OH is 1. The Hall–Kier alpha value is -1.75. The molecule has 5 heteroatoms. The lowest BCUT2D eigenvalue weighted by Crippen LogP contribution is -2.17. The van der Waals surface area contributed by atoms with E-state index in [0.29, 0.717) is 11.4 Å². The van der Waals surface area contributed by atoms with Crippen LogP contribution in [0.25, 0.3) is 0 Å². The predicted molar refractivity (Wildman–Crippen MR) is 56.5 cm³/mol. The maximum Gasteiger partial charge on any atom is 0.252 e. The molecule has 1 unspecified atom stereocenters. The highest BCUT2D eigenvalue weighted by Gasteiger charge is 2.10. The molecule has 82 valence electrons. The van der Waals surface area contributed by atoms with Gasteiger partial charge in [0.2, 0.25) is 0 Å². The number of hydrogen-bond acceptors (Lipinski definition) is 4. The molecule has 0 saturated heterocycles. The van der Waals surface area contributed by atoms with E-state index in [1.165, 1.54) is 12.1 Å². The second kappa shape index (κ2) is 4.65. The Labute approximate surface area is 87.6 Å². The van der Waals surface area contributed by atoms with Crippen LogP contribution in [0.15, 0.2) is 18.2 Å². The van der Waals surface area contributed by atoms with E-state index in [0.717, 1.165) is 0 Å². The number of nitrogen functional groups attached to an aromatic ring is 1. The molecule has 0 saturated carbocycles. The molecule has 0 heterocycles. The van der Waals surface area contributed by atoms with Crippen molar-refractivity contribution in [2.24, 2.45) is 5.73 Å². The Morgan fingerprint density at radius 2 is 2.27 bits per heavy atom. The Kier molecular flexibility index (Phi) is 3.51. The van der Waals surface area contributed by atoms with E-state index >= 15 is 0 Å². The van der Waals surface area contributed by atoms with Gasteiger partial charge in [-0.15, -0.1) is 0 Å². The van der Waals surface area contributed by atoms with Gasteiger partial charge in [-0.3, -0.25) is 4.79 Å². The summed E-state index contributed by atoms with van der Waals surface area (Å²) in [5, 5.41) is 9.04. The second-order valence-electron chi connectivity index (χ2n) is 3.28. The van der Waals surface area contributed by atoms with Crippen molar-refractivity contribution in [1.29, 1.82) is 0 Å².